The molecule has 21 heavy (non-hydrogen) atoms. The van der Waals surface area contributed by atoms with Crippen molar-refractivity contribution in [2.75, 3.05) is 0 Å². The van der Waals surface area contributed by atoms with E-state index in [4.69, 9.17) is 4.74 Å². The minimum Gasteiger partial charge on any atom is -0.425 e. The van der Waals surface area contributed by atoms with Gasteiger partial charge in [-0.1, -0.05) is 74.5 Å². The Bertz CT molecular complexity index is 635. The number of cyclic esters (lactones) is 1. The standard InChI is InChI=1S/C18H17NO2/c1-13(2)16-18(21-17(20)19-16,14-9-5-3-6-10-14)15-11-7-4-8-12-15/h3-13H,1-2H3. The summed E-state index contributed by atoms with van der Waals surface area (Å²) in [4.78, 5) is 16.1. The lowest BCUT2D eigenvalue weighted by Gasteiger charge is -2.32. The van der Waals surface area contributed by atoms with Gasteiger partial charge in [0.1, 0.15) is 0 Å². The molecule has 0 bridgehead atoms. The molecule has 106 valence electrons. The van der Waals surface area contributed by atoms with Crippen molar-refractivity contribution in [1.29, 1.82) is 0 Å². The number of aliphatic imine (C=N–C) groups is 1. The lowest BCUT2D eigenvalue weighted by Crippen LogP contribution is -2.39. The maximum Gasteiger partial charge on any atom is 0.435 e. The highest BCUT2D eigenvalue weighted by atomic mass is 16.6. The first-order chi connectivity index (χ1) is 10.1. The van der Waals surface area contributed by atoms with E-state index >= 15 is 0 Å². The average Bonchev–Trinajstić information content (AvgIpc) is 2.88. The van der Waals surface area contributed by atoms with Crippen molar-refractivity contribution < 1.29 is 9.53 Å². The van der Waals surface area contributed by atoms with Gasteiger partial charge in [-0.15, -0.1) is 0 Å². The van der Waals surface area contributed by atoms with Crippen LogP contribution in [0.1, 0.15) is 25.0 Å². The molecule has 1 amide bonds. The fourth-order valence-electron chi connectivity index (χ4n) is 2.84. The minimum absolute atomic E-state index is 0.108. The highest BCUT2D eigenvalue weighted by molar-refractivity contribution is 6.08. The molecule has 0 spiro atoms. The van der Waals surface area contributed by atoms with Crippen LogP contribution in [-0.2, 0) is 10.3 Å². The largest absolute Gasteiger partial charge is 0.435 e. The van der Waals surface area contributed by atoms with Crippen LogP contribution in [-0.4, -0.2) is 11.8 Å². The molecule has 1 aliphatic rings. The van der Waals surface area contributed by atoms with Gasteiger partial charge in [0.15, 0.2) is 0 Å². The van der Waals surface area contributed by atoms with E-state index in [2.05, 4.69) is 4.99 Å². The maximum atomic E-state index is 11.9. The number of nitrogens with zero attached hydrogens (tertiary/aromatic N) is 1. The smallest absolute Gasteiger partial charge is 0.425 e. The summed E-state index contributed by atoms with van der Waals surface area (Å²) in [5, 5.41) is 0. The SMILES string of the molecule is CC(C)C1=NC(=O)OC1(c1ccccc1)c1ccccc1. The summed E-state index contributed by atoms with van der Waals surface area (Å²) in [5.74, 6) is 0.108. The molecule has 0 aliphatic carbocycles. The zero-order valence-corrected chi connectivity index (χ0v) is 12.1. The molecule has 2 aromatic carbocycles. The fourth-order valence-corrected chi connectivity index (χ4v) is 2.84. The van der Waals surface area contributed by atoms with Gasteiger partial charge in [-0.25, -0.2) is 4.79 Å². The van der Waals surface area contributed by atoms with Crippen LogP contribution >= 0.6 is 0 Å². The second-order valence-electron chi connectivity index (χ2n) is 5.43. The van der Waals surface area contributed by atoms with Crippen molar-refractivity contribution in [3.8, 4) is 0 Å². The normalized spacial score (nSPS) is 16.7. The van der Waals surface area contributed by atoms with Crippen molar-refractivity contribution >= 4 is 11.8 Å². The van der Waals surface area contributed by atoms with Crippen LogP contribution in [0.4, 0.5) is 4.79 Å². The third-order valence-corrected chi connectivity index (χ3v) is 3.72. The first-order valence-electron chi connectivity index (χ1n) is 7.07. The first-order valence-corrected chi connectivity index (χ1v) is 7.07. The number of hydrogen-bond acceptors (Lipinski definition) is 2. The lowest BCUT2D eigenvalue weighted by atomic mass is 9.78. The number of hydrogen-bond donors (Lipinski definition) is 0. The molecule has 3 heteroatoms. The second kappa shape index (κ2) is 5.17. The van der Waals surface area contributed by atoms with Gasteiger partial charge in [0, 0.05) is 11.1 Å². The summed E-state index contributed by atoms with van der Waals surface area (Å²) < 4.78 is 5.75. The molecule has 0 radical (unpaired) electrons. The Kier molecular flexibility index (Phi) is 3.34. The summed E-state index contributed by atoms with van der Waals surface area (Å²) in [5.41, 5.74) is 1.70. The number of amides is 1. The Balaban J connectivity index is 2.27. The summed E-state index contributed by atoms with van der Waals surface area (Å²) in [6.07, 6.45) is -0.522. The predicted molar refractivity (Wildman–Crippen MR) is 82.4 cm³/mol. The van der Waals surface area contributed by atoms with Crippen molar-refractivity contribution in [3.05, 3.63) is 71.8 Å². The molecule has 0 atom stereocenters. The van der Waals surface area contributed by atoms with Gasteiger partial charge >= 0.3 is 6.09 Å². The third kappa shape index (κ3) is 2.15. The van der Waals surface area contributed by atoms with Crippen LogP contribution in [0, 0.1) is 5.92 Å². The van der Waals surface area contributed by atoms with Crippen molar-refractivity contribution in [1.82, 2.24) is 0 Å². The minimum atomic E-state index is -0.909. The first kappa shape index (κ1) is 13.6. The third-order valence-electron chi connectivity index (χ3n) is 3.72. The number of carbonyl (C=O) groups is 1. The number of rotatable bonds is 3. The topological polar surface area (TPSA) is 38.7 Å². The second-order valence-corrected chi connectivity index (χ2v) is 5.43. The molecule has 1 heterocycles. The molecule has 1 aliphatic heterocycles. The molecule has 0 N–H and O–H groups in total. The molecule has 0 fully saturated rings. The van der Waals surface area contributed by atoms with Crippen molar-refractivity contribution in [3.63, 3.8) is 0 Å². The summed E-state index contributed by atoms with van der Waals surface area (Å²) in [6.45, 7) is 4.06. The van der Waals surface area contributed by atoms with Gasteiger partial charge in [0.05, 0.1) is 5.71 Å². The van der Waals surface area contributed by atoms with E-state index in [1.165, 1.54) is 0 Å². The molecule has 0 unspecified atom stereocenters. The molecule has 0 saturated heterocycles. The van der Waals surface area contributed by atoms with E-state index in [1.807, 2.05) is 74.5 Å². The van der Waals surface area contributed by atoms with E-state index in [9.17, 15) is 4.79 Å². The van der Waals surface area contributed by atoms with E-state index in [-0.39, 0.29) is 5.92 Å². The lowest BCUT2D eigenvalue weighted by molar-refractivity contribution is 0.105. The number of carbonyl (C=O) groups excluding carboxylic acids is 1. The summed E-state index contributed by atoms with van der Waals surface area (Å²) in [7, 11) is 0. The zero-order valence-electron chi connectivity index (χ0n) is 12.1. The molecule has 3 rings (SSSR count). The Hall–Kier alpha value is -2.42. The van der Waals surface area contributed by atoms with Crippen LogP contribution in [0.15, 0.2) is 65.7 Å². The molecule has 3 nitrogen and oxygen atoms in total. The van der Waals surface area contributed by atoms with E-state index < -0.39 is 11.7 Å². The van der Waals surface area contributed by atoms with Crippen LogP contribution in [0.25, 0.3) is 0 Å². The van der Waals surface area contributed by atoms with Gasteiger partial charge in [-0.05, 0) is 5.92 Å². The highest BCUT2D eigenvalue weighted by Gasteiger charge is 2.49. The molecule has 0 saturated carbocycles. The van der Waals surface area contributed by atoms with Crippen molar-refractivity contribution in [2.45, 2.75) is 19.4 Å². The van der Waals surface area contributed by atoms with Crippen LogP contribution in [0.5, 0.6) is 0 Å². The van der Waals surface area contributed by atoms with E-state index in [1.54, 1.807) is 0 Å². The van der Waals surface area contributed by atoms with Crippen LogP contribution in [0.3, 0.4) is 0 Å². The summed E-state index contributed by atoms with van der Waals surface area (Å²) >= 11 is 0. The quantitative estimate of drug-likeness (QED) is 0.845. The van der Waals surface area contributed by atoms with Crippen LogP contribution < -0.4 is 0 Å². The Morgan fingerprint density at radius 1 is 0.905 bits per heavy atom. The molecule has 0 aromatic heterocycles. The Labute approximate surface area is 124 Å². The van der Waals surface area contributed by atoms with Crippen LogP contribution in [0.2, 0.25) is 0 Å². The zero-order chi connectivity index (χ0) is 14.9. The average molecular weight is 279 g/mol. The molecular formula is C18H17NO2. The summed E-state index contributed by atoms with van der Waals surface area (Å²) in [6, 6.07) is 19.6. The van der Waals surface area contributed by atoms with Crippen molar-refractivity contribution in [2.24, 2.45) is 10.9 Å². The predicted octanol–water partition coefficient (Wildman–Crippen LogP) is 4.18. The van der Waals surface area contributed by atoms with E-state index in [0.29, 0.717) is 0 Å². The molecule has 2 aromatic rings. The maximum absolute atomic E-state index is 11.9. The molecular weight excluding hydrogens is 262 g/mol. The number of benzene rings is 2. The highest BCUT2D eigenvalue weighted by Crippen LogP contribution is 2.41. The van der Waals surface area contributed by atoms with Gasteiger partial charge in [0.25, 0.3) is 0 Å². The van der Waals surface area contributed by atoms with Gasteiger partial charge in [-0.2, -0.15) is 4.99 Å². The van der Waals surface area contributed by atoms with Gasteiger partial charge < -0.3 is 4.74 Å². The Morgan fingerprint density at radius 2 is 1.38 bits per heavy atom. The Morgan fingerprint density at radius 3 is 1.81 bits per heavy atom. The number of ether oxygens (including phenoxy) is 1. The monoisotopic (exact) mass is 279 g/mol. The van der Waals surface area contributed by atoms with Gasteiger partial charge in [0.2, 0.25) is 5.60 Å². The van der Waals surface area contributed by atoms with Gasteiger partial charge in [-0.3, -0.25) is 0 Å². The fraction of sp³-hybridized carbons (Fsp3) is 0.222. The van der Waals surface area contributed by atoms with E-state index in [0.717, 1.165) is 16.8 Å².